The first kappa shape index (κ1) is 15.9. The lowest BCUT2D eigenvalue weighted by molar-refractivity contribution is -0.137. The maximum atomic E-state index is 13.2. The lowest BCUT2D eigenvalue weighted by atomic mass is 10.2. The predicted molar refractivity (Wildman–Crippen MR) is 69.2 cm³/mol. The molecule has 0 atom stereocenters. The molecule has 0 aliphatic heterocycles. The summed E-state index contributed by atoms with van der Waals surface area (Å²) in [6.45, 7) is 0. The fourth-order valence-electron chi connectivity index (χ4n) is 1.42. The highest BCUT2D eigenvalue weighted by atomic mass is 32.2. The summed E-state index contributed by atoms with van der Waals surface area (Å²) in [5, 5.41) is 8.42. The van der Waals surface area contributed by atoms with Crippen molar-refractivity contribution in [2.75, 3.05) is 10.5 Å². The van der Waals surface area contributed by atoms with E-state index in [2.05, 4.69) is 4.72 Å². The topological polar surface area (TPSA) is 127 Å². The van der Waals surface area contributed by atoms with Crippen LogP contribution in [0.4, 0.5) is 10.1 Å². The number of nitrogens with two attached hydrogens (primary N) is 1. The molecule has 0 aliphatic carbocycles. The van der Waals surface area contributed by atoms with E-state index in [9.17, 15) is 22.4 Å². The third-order valence-corrected chi connectivity index (χ3v) is 3.68. The highest BCUT2D eigenvalue weighted by Crippen LogP contribution is 2.16. The van der Waals surface area contributed by atoms with Gasteiger partial charge in [-0.05, 0) is 24.6 Å². The van der Waals surface area contributed by atoms with Crippen molar-refractivity contribution in [3.05, 3.63) is 29.6 Å². The number of nitrogens with one attached hydrogen (secondary N) is 1. The third-order valence-electron chi connectivity index (χ3n) is 2.31. The first-order valence-electron chi connectivity index (χ1n) is 5.53. The van der Waals surface area contributed by atoms with Gasteiger partial charge in [0, 0.05) is 12.1 Å². The molecular weight excluding hydrogens is 291 g/mol. The van der Waals surface area contributed by atoms with Gasteiger partial charge in [-0.15, -0.1) is 0 Å². The number of rotatable bonds is 7. The van der Waals surface area contributed by atoms with Gasteiger partial charge in [-0.25, -0.2) is 12.8 Å². The maximum Gasteiger partial charge on any atom is 0.303 e. The van der Waals surface area contributed by atoms with Crippen molar-refractivity contribution in [3.63, 3.8) is 0 Å². The zero-order valence-corrected chi connectivity index (χ0v) is 11.1. The minimum absolute atomic E-state index is 0.0180. The van der Waals surface area contributed by atoms with Gasteiger partial charge in [0.1, 0.15) is 5.82 Å². The van der Waals surface area contributed by atoms with Gasteiger partial charge in [-0.1, -0.05) is 0 Å². The summed E-state index contributed by atoms with van der Waals surface area (Å²) < 4.78 is 38.6. The van der Waals surface area contributed by atoms with E-state index in [0.717, 1.165) is 18.2 Å². The third kappa shape index (κ3) is 4.84. The summed E-state index contributed by atoms with van der Waals surface area (Å²) in [6.07, 6.45) is -0.342. The van der Waals surface area contributed by atoms with Gasteiger partial charge in [-0.2, -0.15) is 0 Å². The van der Waals surface area contributed by atoms with E-state index < -0.39 is 39.0 Å². The number of carbonyl (C=O) groups is 2. The van der Waals surface area contributed by atoms with Gasteiger partial charge < -0.3 is 10.8 Å². The van der Waals surface area contributed by atoms with Gasteiger partial charge in [0.05, 0.1) is 11.3 Å². The summed E-state index contributed by atoms with van der Waals surface area (Å²) in [5.74, 6) is -3.37. The zero-order chi connectivity index (χ0) is 15.3. The van der Waals surface area contributed by atoms with Crippen molar-refractivity contribution in [1.82, 2.24) is 0 Å². The molecule has 0 aromatic heterocycles. The van der Waals surface area contributed by atoms with E-state index >= 15 is 0 Å². The predicted octanol–water partition coefficient (Wildman–Crippen LogP) is 0.531. The number of carbonyl (C=O) groups excluding carboxylic acids is 1. The van der Waals surface area contributed by atoms with Gasteiger partial charge in [0.2, 0.25) is 10.0 Å². The number of sulfonamides is 1. The quantitative estimate of drug-likeness (QED) is 0.677. The Labute approximate surface area is 114 Å². The smallest absolute Gasteiger partial charge is 0.303 e. The largest absolute Gasteiger partial charge is 0.481 e. The number of anilines is 1. The molecule has 110 valence electrons. The summed E-state index contributed by atoms with van der Waals surface area (Å²) in [6, 6.07) is 3.03. The number of hydrogen-bond acceptors (Lipinski definition) is 4. The average molecular weight is 304 g/mol. The van der Waals surface area contributed by atoms with Crippen molar-refractivity contribution in [2.45, 2.75) is 12.8 Å². The first-order valence-corrected chi connectivity index (χ1v) is 7.18. The molecular formula is C11H13FN2O5S. The second-order valence-electron chi connectivity index (χ2n) is 3.98. The molecule has 0 radical (unpaired) electrons. The SMILES string of the molecule is NC(=O)c1cc(NS(=O)(=O)CCCC(=O)O)ccc1F. The normalized spacial score (nSPS) is 11.1. The molecule has 0 unspecified atom stereocenters. The minimum atomic E-state index is -3.77. The Balaban J connectivity index is 2.79. The molecule has 0 heterocycles. The highest BCUT2D eigenvalue weighted by Gasteiger charge is 2.14. The number of carboxylic acids is 1. The highest BCUT2D eigenvalue weighted by molar-refractivity contribution is 7.92. The van der Waals surface area contributed by atoms with Crippen molar-refractivity contribution >= 4 is 27.6 Å². The minimum Gasteiger partial charge on any atom is -0.481 e. The second kappa shape index (κ2) is 6.33. The Morgan fingerprint density at radius 3 is 2.55 bits per heavy atom. The molecule has 9 heteroatoms. The Kier molecular flexibility index (Phi) is 5.03. The van der Waals surface area contributed by atoms with Crippen molar-refractivity contribution in [1.29, 1.82) is 0 Å². The average Bonchev–Trinajstić information content (AvgIpc) is 2.30. The molecule has 1 rings (SSSR count). The van der Waals surface area contributed by atoms with E-state index in [1.165, 1.54) is 0 Å². The van der Waals surface area contributed by atoms with Crippen LogP contribution in [0.5, 0.6) is 0 Å². The Hall–Kier alpha value is -2.16. The van der Waals surface area contributed by atoms with Crippen LogP contribution < -0.4 is 10.5 Å². The number of benzene rings is 1. The van der Waals surface area contributed by atoms with Crippen molar-refractivity contribution < 1.29 is 27.5 Å². The molecule has 1 aromatic carbocycles. The standard InChI is InChI=1S/C11H13FN2O5S/c12-9-4-3-7(6-8(9)11(13)17)14-20(18,19)5-1-2-10(15)16/h3-4,6,14H,1-2,5H2,(H2,13,17)(H,15,16). The molecule has 0 spiro atoms. The molecule has 0 fully saturated rings. The van der Waals surface area contributed by atoms with Crippen LogP contribution in [0.15, 0.2) is 18.2 Å². The number of carboxylic acid groups (broad SMARTS) is 1. The van der Waals surface area contributed by atoms with Crippen LogP contribution in [0.25, 0.3) is 0 Å². The lowest BCUT2D eigenvalue weighted by Gasteiger charge is -2.08. The molecule has 1 aromatic rings. The number of primary amides is 1. The fraction of sp³-hybridized carbons (Fsp3) is 0.273. The van der Waals surface area contributed by atoms with Gasteiger partial charge >= 0.3 is 5.97 Å². The van der Waals surface area contributed by atoms with Crippen LogP contribution in [-0.4, -0.2) is 31.2 Å². The van der Waals surface area contributed by atoms with Crippen molar-refractivity contribution in [2.24, 2.45) is 5.73 Å². The Morgan fingerprint density at radius 2 is 2.00 bits per heavy atom. The molecule has 0 aliphatic rings. The summed E-state index contributed by atoms with van der Waals surface area (Å²) >= 11 is 0. The molecule has 20 heavy (non-hydrogen) atoms. The molecule has 0 saturated carbocycles. The Bertz CT molecular complexity index is 630. The maximum absolute atomic E-state index is 13.2. The van der Waals surface area contributed by atoms with Crippen LogP contribution in [0, 0.1) is 5.82 Å². The molecule has 4 N–H and O–H groups in total. The van der Waals surface area contributed by atoms with E-state index in [1.54, 1.807) is 0 Å². The molecule has 0 saturated heterocycles. The van der Waals surface area contributed by atoms with E-state index in [0.29, 0.717) is 0 Å². The van der Waals surface area contributed by atoms with E-state index in [-0.39, 0.29) is 18.5 Å². The fourth-order valence-corrected chi connectivity index (χ4v) is 2.53. The lowest BCUT2D eigenvalue weighted by Crippen LogP contribution is -2.19. The second-order valence-corrected chi connectivity index (χ2v) is 5.82. The van der Waals surface area contributed by atoms with Crippen molar-refractivity contribution in [3.8, 4) is 0 Å². The number of hydrogen-bond donors (Lipinski definition) is 3. The monoisotopic (exact) mass is 304 g/mol. The number of halogens is 1. The van der Waals surface area contributed by atoms with E-state index in [4.69, 9.17) is 10.8 Å². The zero-order valence-electron chi connectivity index (χ0n) is 10.3. The molecule has 1 amide bonds. The first-order chi connectivity index (χ1) is 9.21. The summed E-state index contributed by atoms with van der Waals surface area (Å²) in [7, 11) is -3.77. The number of amides is 1. The van der Waals surface area contributed by atoms with Crippen LogP contribution in [0.1, 0.15) is 23.2 Å². The van der Waals surface area contributed by atoms with Crippen LogP contribution in [0.2, 0.25) is 0 Å². The molecule has 7 nitrogen and oxygen atoms in total. The van der Waals surface area contributed by atoms with Crippen LogP contribution in [-0.2, 0) is 14.8 Å². The van der Waals surface area contributed by atoms with E-state index in [1.807, 2.05) is 0 Å². The summed E-state index contributed by atoms with van der Waals surface area (Å²) in [4.78, 5) is 21.2. The van der Waals surface area contributed by atoms with Gasteiger partial charge in [0.25, 0.3) is 5.91 Å². The van der Waals surface area contributed by atoms with Crippen LogP contribution >= 0.6 is 0 Å². The summed E-state index contributed by atoms with van der Waals surface area (Å²) in [5.41, 5.74) is 4.49. The molecule has 0 bridgehead atoms. The van der Waals surface area contributed by atoms with Gasteiger partial charge in [-0.3, -0.25) is 14.3 Å². The van der Waals surface area contributed by atoms with Gasteiger partial charge in [0.15, 0.2) is 0 Å². The Morgan fingerprint density at radius 1 is 1.35 bits per heavy atom. The van der Waals surface area contributed by atoms with Crippen LogP contribution in [0.3, 0.4) is 0 Å². The number of aliphatic carboxylic acids is 1.